The standard InChI is InChI=1S/C18H20N2O2.ClH/c1-20(9-10-22-17-5-3-2-4-6-17)18(21)14-7-8-15-12-19-13-16(15)11-14;/h2-8,11,19H,9-10,12-13H2,1H3;1H. The second kappa shape index (κ2) is 7.99. The SMILES string of the molecule is CN(CCOc1ccccc1)C(=O)c1ccc2c(c1)CNC2.Cl. The summed E-state index contributed by atoms with van der Waals surface area (Å²) < 4.78 is 5.63. The number of amides is 1. The van der Waals surface area contributed by atoms with Crippen LogP contribution in [0.25, 0.3) is 0 Å². The van der Waals surface area contributed by atoms with Gasteiger partial charge in [-0.1, -0.05) is 24.3 Å². The summed E-state index contributed by atoms with van der Waals surface area (Å²) in [6.45, 7) is 2.78. The predicted octanol–water partition coefficient (Wildman–Crippen LogP) is 2.86. The van der Waals surface area contributed by atoms with Crippen molar-refractivity contribution in [1.29, 1.82) is 0 Å². The number of benzene rings is 2. The average Bonchev–Trinajstić information content (AvgIpc) is 3.02. The van der Waals surface area contributed by atoms with Gasteiger partial charge in [-0.15, -0.1) is 12.4 Å². The van der Waals surface area contributed by atoms with Crippen molar-refractivity contribution in [1.82, 2.24) is 10.2 Å². The summed E-state index contributed by atoms with van der Waals surface area (Å²) in [6.07, 6.45) is 0. The Labute approximate surface area is 142 Å². The quantitative estimate of drug-likeness (QED) is 0.915. The van der Waals surface area contributed by atoms with Gasteiger partial charge in [0.1, 0.15) is 12.4 Å². The molecule has 4 nitrogen and oxygen atoms in total. The van der Waals surface area contributed by atoms with E-state index in [4.69, 9.17) is 4.74 Å². The van der Waals surface area contributed by atoms with Crippen molar-refractivity contribution in [2.75, 3.05) is 20.2 Å². The minimum atomic E-state index is 0. The van der Waals surface area contributed by atoms with Crippen LogP contribution in [-0.2, 0) is 13.1 Å². The Morgan fingerprint density at radius 1 is 1.13 bits per heavy atom. The number of carbonyl (C=O) groups excluding carboxylic acids is 1. The Hall–Kier alpha value is -2.04. The van der Waals surface area contributed by atoms with E-state index in [2.05, 4.69) is 5.32 Å². The minimum Gasteiger partial charge on any atom is -0.492 e. The zero-order chi connectivity index (χ0) is 15.4. The van der Waals surface area contributed by atoms with Crippen molar-refractivity contribution in [3.8, 4) is 5.75 Å². The third kappa shape index (κ3) is 4.24. The molecule has 1 heterocycles. The molecule has 2 aromatic rings. The average molecular weight is 333 g/mol. The number of rotatable bonds is 5. The van der Waals surface area contributed by atoms with Crippen LogP contribution in [0.5, 0.6) is 5.75 Å². The van der Waals surface area contributed by atoms with Crippen LogP contribution in [0.2, 0.25) is 0 Å². The summed E-state index contributed by atoms with van der Waals surface area (Å²) in [6, 6.07) is 15.6. The Bertz CT molecular complexity index is 661. The predicted molar refractivity (Wildman–Crippen MR) is 93.1 cm³/mol. The van der Waals surface area contributed by atoms with Crippen molar-refractivity contribution in [3.63, 3.8) is 0 Å². The molecule has 3 rings (SSSR count). The molecule has 0 bridgehead atoms. The zero-order valence-corrected chi connectivity index (χ0v) is 13.9. The van der Waals surface area contributed by atoms with Crippen molar-refractivity contribution in [3.05, 3.63) is 65.2 Å². The minimum absolute atomic E-state index is 0. The number of para-hydroxylation sites is 1. The highest BCUT2D eigenvalue weighted by molar-refractivity contribution is 5.94. The Morgan fingerprint density at radius 2 is 1.87 bits per heavy atom. The number of nitrogens with zero attached hydrogens (tertiary/aromatic N) is 1. The molecule has 0 aromatic heterocycles. The first kappa shape index (κ1) is 17.3. The zero-order valence-electron chi connectivity index (χ0n) is 13.1. The second-order valence-corrected chi connectivity index (χ2v) is 5.48. The van der Waals surface area contributed by atoms with Crippen molar-refractivity contribution in [2.45, 2.75) is 13.1 Å². The van der Waals surface area contributed by atoms with Gasteiger partial charge in [0.25, 0.3) is 5.91 Å². The number of fused-ring (bicyclic) bond motifs is 1. The molecule has 0 saturated carbocycles. The molecule has 5 heteroatoms. The summed E-state index contributed by atoms with van der Waals surface area (Å²) in [4.78, 5) is 14.1. The van der Waals surface area contributed by atoms with Crippen LogP contribution >= 0.6 is 12.4 Å². The molecule has 1 amide bonds. The van der Waals surface area contributed by atoms with E-state index in [-0.39, 0.29) is 18.3 Å². The normalized spacial score (nSPS) is 12.2. The summed E-state index contributed by atoms with van der Waals surface area (Å²) in [5.74, 6) is 0.860. The third-order valence-electron chi connectivity index (χ3n) is 3.87. The maximum absolute atomic E-state index is 12.4. The second-order valence-electron chi connectivity index (χ2n) is 5.48. The number of hydrogen-bond acceptors (Lipinski definition) is 3. The number of ether oxygens (including phenoxy) is 1. The van der Waals surface area contributed by atoms with Gasteiger partial charge in [-0.3, -0.25) is 4.79 Å². The lowest BCUT2D eigenvalue weighted by atomic mass is 10.1. The lowest BCUT2D eigenvalue weighted by Gasteiger charge is -2.18. The first-order chi connectivity index (χ1) is 10.7. The largest absolute Gasteiger partial charge is 0.492 e. The fourth-order valence-corrected chi connectivity index (χ4v) is 2.57. The summed E-state index contributed by atoms with van der Waals surface area (Å²) >= 11 is 0. The summed E-state index contributed by atoms with van der Waals surface area (Å²) in [5.41, 5.74) is 3.25. The fourth-order valence-electron chi connectivity index (χ4n) is 2.57. The number of nitrogens with one attached hydrogen (secondary N) is 1. The Balaban J connectivity index is 0.00000192. The smallest absolute Gasteiger partial charge is 0.253 e. The maximum atomic E-state index is 12.4. The van der Waals surface area contributed by atoms with E-state index in [0.29, 0.717) is 13.2 Å². The number of halogens is 1. The van der Waals surface area contributed by atoms with Gasteiger partial charge in [-0.2, -0.15) is 0 Å². The lowest BCUT2D eigenvalue weighted by molar-refractivity contribution is 0.0773. The fraction of sp³-hybridized carbons (Fsp3) is 0.278. The van der Waals surface area contributed by atoms with Gasteiger partial charge < -0.3 is 15.0 Å². The highest BCUT2D eigenvalue weighted by Gasteiger charge is 2.16. The first-order valence-electron chi connectivity index (χ1n) is 7.50. The highest BCUT2D eigenvalue weighted by Crippen LogP contribution is 2.18. The molecule has 0 aliphatic carbocycles. The monoisotopic (exact) mass is 332 g/mol. The van der Waals surface area contributed by atoms with Crippen LogP contribution < -0.4 is 10.1 Å². The van der Waals surface area contributed by atoms with E-state index in [9.17, 15) is 4.79 Å². The molecule has 2 aromatic carbocycles. The van der Waals surface area contributed by atoms with Crippen molar-refractivity contribution >= 4 is 18.3 Å². The Morgan fingerprint density at radius 3 is 2.65 bits per heavy atom. The van der Waals surface area contributed by atoms with Gasteiger partial charge in [0.2, 0.25) is 0 Å². The molecule has 1 aliphatic heterocycles. The number of carbonyl (C=O) groups is 1. The third-order valence-corrected chi connectivity index (χ3v) is 3.87. The molecule has 1 N–H and O–H groups in total. The topological polar surface area (TPSA) is 41.6 Å². The van der Waals surface area contributed by atoms with Crippen LogP contribution in [-0.4, -0.2) is 31.0 Å². The summed E-state index contributed by atoms with van der Waals surface area (Å²) in [5, 5.41) is 3.29. The van der Waals surface area contributed by atoms with Crippen LogP contribution in [0.3, 0.4) is 0 Å². The molecule has 0 fully saturated rings. The lowest BCUT2D eigenvalue weighted by Crippen LogP contribution is -2.30. The van der Waals surface area contributed by atoms with E-state index < -0.39 is 0 Å². The van der Waals surface area contributed by atoms with Gasteiger partial charge in [-0.05, 0) is 35.4 Å². The Kier molecular flexibility index (Phi) is 6.02. The molecule has 0 radical (unpaired) electrons. The van der Waals surface area contributed by atoms with Crippen molar-refractivity contribution < 1.29 is 9.53 Å². The first-order valence-corrected chi connectivity index (χ1v) is 7.50. The molecule has 0 unspecified atom stereocenters. The highest BCUT2D eigenvalue weighted by atomic mass is 35.5. The van der Waals surface area contributed by atoms with E-state index in [1.807, 2.05) is 55.6 Å². The molecule has 23 heavy (non-hydrogen) atoms. The number of likely N-dealkylation sites (N-methyl/N-ethyl adjacent to an activating group) is 1. The maximum Gasteiger partial charge on any atom is 0.253 e. The molecule has 1 aliphatic rings. The molecular weight excluding hydrogens is 312 g/mol. The molecule has 0 saturated heterocycles. The molecule has 0 spiro atoms. The van der Waals surface area contributed by atoms with Gasteiger partial charge in [0, 0.05) is 25.7 Å². The number of hydrogen-bond donors (Lipinski definition) is 1. The molecule has 0 atom stereocenters. The van der Waals surface area contributed by atoms with E-state index in [1.165, 1.54) is 11.1 Å². The van der Waals surface area contributed by atoms with E-state index in [0.717, 1.165) is 24.4 Å². The van der Waals surface area contributed by atoms with Gasteiger partial charge >= 0.3 is 0 Å². The van der Waals surface area contributed by atoms with Gasteiger partial charge in [0.15, 0.2) is 0 Å². The van der Waals surface area contributed by atoms with Crippen LogP contribution in [0.4, 0.5) is 0 Å². The summed E-state index contributed by atoms with van der Waals surface area (Å²) in [7, 11) is 1.81. The molecule has 122 valence electrons. The van der Waals surface area contributed by atoms with E-state index >= 15 is 0 Å². The van der Waals surface area contributed by atoms with Crippen LogP contribution in [0.1, 0.15) is 21.5 Å². The van der Waals surface area contributed by atoms with Gasteiger partial charge in [-0.25, -0.2) is 0 Å². The van der Waals surface area contributed by atoms with Crippen molar-refractivity contribution in [2.24, 2.45) is 0 Å². The molecular formula is C18H21ClN2O2. The van der Waals surface area contributed by atoms with Crippen LogP contribution in [0.15, 0.2) is 48.5 Å². The van der Waals surface area contributed by atoms with Crippen LogP contribution in [0, 0.1) is 0 Å². The van der Waals surface area contributed by atoms with Gasteiger partial charge in [0.05, 0.1) is 6.54 Å². The van der Waals surface area contributed by atoms with E-state index in [1.54, 1.807) is 4.90 Å².